The van der Waals surface area contributed by atoms with Crippen LogP contribution in [0.15, 0.2) is 22.8 Å². The van der Waals surface area contributed by atoms with E-state index in [0.717, 1.165) is 12.8 Å². The van der Waals surface area contributed by atoms with Crippen LogP contribution in [0.25, 0.3) is 0 Å². The fraction of sp³-hybridized carbons (Fsp3) is 0.545. The summed E-state index contributed by atoms with van der Waals surface area (Å²) in [5, 5.41) is 12.2. The maximum atomic E-state index is 11.2. The van der Waals surface area contributed by atoms with Crippen LogP contribution in [0.3, 0.4) is 0 Å². The lowest BCUT2D eigenvalue weighted by atomic mass is 10.2. The average molecular weight is 211 g/mol. The third-order valence-corrected chi connectivity index (χ3v) is 2.12. The molecule has 0 aromatic carbocycles. The minimum absolute atomic E-state index is 0.0255. The lowest BCUT2D eigenvalue weighted by Gasteiger charge is -2.09. The lowest BCUT2D eigenvalue weighted by Crippen LogP contribution is -2.27. The van der Waals surface area contributed by atoms with Crippen LogP contribution in [0, 0.1) is 0 Å². The summed E-state index contributed by atoms with van der Waals surface area (Å²) in [5.41, 5.74) is 0. The number of rotatable bonds is 6. The SMILES string of the molecule is CCCCC(=O)NCC(O)c1ccco1. The Morgan fingerprint density at radius 2 is 2.47 bits per heavy atom. The van der Waals surface area contributed by atoms with Gasteiger partial charge in [-0.05, 0) is 18.6 Å². The quantitative estimate of drug-likeness (QED) is 0.751. The van der Waals surface area contributed by atoms with Crippen LogP contribution in [0.5, 0.6) is 0 Å². The summed E-state index contributed by atoms with van der Waals surface area (Å²) in [7, 11) is 0. The molecule has 0 aliphatic rings. The molecule has 0 aliphatic heterocycles. The molecule has 1 atom stereocenters. The van der Waals surface area contributed by atoms with Crippen LogP contribution in [0.1, 0.15) is 38.1 Å². The first-order chi connectivity index (χ1) is 7.24. The molecule has 0 radical (unpaired) electrons. The van der Waals surface area contributed by atoms with E-state index in [1.54, 1.807) is 12.1 Å². The Balaban J connectivity index is 2.22. The Hall–Kier alpha value is -1.29. The zero-order valence-corrected chi connectivity index (χ0v) is 8.90. The van der Waals surface area contributed by atoms with Gasteiger partial charge in [-0.1, -0.05) is 13.3 Å². The molecule has 4 heteroatoms. The van der Waals surface area contributed by atoms with E-state index in [2.05, 4.69) is 5.32 Å². The Morgan fingerprint density at radius 1 is 1.67 bits per heavy atom. The molecule has 0 aliphatic carbocycles. The number of furan rings is 1. The van der Waals surface area contributed by atoms with E-state index in [9.17, 15) is 9.90 Å². The van der Waals surface area contributed by atoms with E-state index >= 15 is 0 Å². The first-order valence-corrected chi connectivity index (χ1v) is 5.22. The molecule has 1 heterocycles. The van der Waals surface area contributed by atoms with E-state index < -0.39 is 6.10 Å². The number of carbonyl (C=O) groups is 1. The second-order valence-corrected chi connectivity index (χ2v) is 3.44. The van der Waals surface area contributed by atoms with Crippen LogP contribution < -0.4 is 5.32 Å². The number of unbranched alkanes of at least 4 members (excludes halogenated alkanes) is 1. The molecule has 84 valence electrons. The highest BCUT2D eigenvalue weighted by Crippen LogP contribution is 2.11. The van der Waals surface area contributed by atoms with Crippen LogP contribution in [-0.2, 0) is 4.79 Å². The smallest absolute Gasteiger partial charge is 0.220 e. The molecule has 0 saturated carbocycles. The topological polar surface area (TPSA) is 62.5 Å². The van der Waals surface area contributed by atoms with Gasteiger partial charge in [0, 0.05) is 6.42 Å². The van der Waals surface area contributed by atoms with Gasteiger partial charge in [0.15, 0.2) is 0 Å². The summed E-state index contributed by atoms with van der Waals surface area (Å²) < 4.78 is 5.01. The second-order valence-electron chi connectivity index (χ2n) is 3.44. The van der Waals surface area contributed by atoms with Gasteiger partial charge in [0.05, 0.1) is 12.8 Å². The number of carbonyl (C=O) groups excluding carboxylic acids is 1. The van der Waals surface area contributed by atoms with Crippen molar-refractivity contribution in [3.8, 4) is 0 Å². The molecule has 0 saturated heterocycles. The van der Waals surface area contributed by atoms with Gasteiger partial charge in [-0.15, -0.1) is 0 Å². The number of hydrogen-bond donors (Lipinski definition) is 2. The third-order valence-electron chi connectivity index (χ3n) is 2.12. The molecule has 1 aromatic heterocycles. The molecule has 1 unspecified atom stereocenters. The Morgan fingerprint density at radius 3 is 3.07 bits per heavy atom. The summed E-state index contributed by atoms with van der Waals surface area (Å²) in [6, 6.07) is 3.39. The number of nitrogens with one attached hydrogen (secondary N) is 1. The first kappa shape index (κ1) is 11.8. The maximum absolute atomic E-state index is 11.2. The van der Waals surface area contributed by atoms with Crippen molar-refractivity contribution in [2.75, 3.05) is 6.54 Å². The Bertz CT molecular complexity index is 282. The minimum Gasteiger partial charge on any atom is -0.467 e. The largest absolute Gasteiger partial charge is 0.467 e. The normalized spacial score (nSPS) is 12.4. The minimum atomic E-state index is -0.759. The molecule has 15 heavy (non-hydrogen) atoms. The van der Waals surface area contributed by atoms with Crippen molar-refractivity contribution >= 4 is 5.91 Å². The fourth-order valence-electron chi connectivity index (χ4n) is 1.22. The zero-order valence-electron chi connectivity index (χ0n) is 8.90. The third kappa shape index (κ3) is 4.16. The Labute approximate surface area is 89.3 Å². The number of aliphatic hydroxyl groups is 1. The molecule has 1 rings (SSSR count). The Kier molecular flexibility index (Phi) is 4.90. The van der Waals surface area contributed by atoms with E-state index in [1.165, 1.54) is 6.26 Å². The van der Waals surface area contributed by atoms with Crippen LogP contribution >= 0.6 is 0 Å². The van der Waals surface area contributed by atoms with Crippen LogP contribution in [0.4, 0.5) is 0 Å². The highest BCUT2D eigenvalue weighted by atomic mass is 16.4. The predicted octanol–water partition coefficient (Wildman–Crippen LogP) is 1.62. The van der Waals surface area contributed by atoms with Crippen molar-refractivity contribution in [3.63, 3.8) is 0 Å². The summed E-state index contributed by atoms with van der Waals surface area (Å²) in [5.74, 6) is 0.452. The second kappa shape index (κ2) is 6.24. The van der Waals surface area contributed by atoms with E-state index in [4.69, 9.17) is 4.42 Å². The molecule has 2 N–H and O–H groups in total. The highest BCUT2D eigenvalue weighted by Gasteiger charge is 2.11. The van der Waals surface area contributed by atoms with Crippen LogP contribution in [-0.4, -0.2) is 17.6 Å². The zero-order chi connectivity index (χ0) is 11.1. The molecule has 4 nitrogen and oxygen atoms in total. The summed E-state index contributed by atoms with van der Waals surface area (Å²) in [4.78, 5) is 11.2. The van der Waals surface area contributed by atoms with Crippen molar-refractivity contribution in [3.05, 3.63) is 24.2 Å². The van der Waals surface area contributed by atoms with Crippen molar-refractivity contribution in [2.24, 2.45) is 0 Å². The number of amides is 1. The van der Waals surface area contributed by atoms with Gasteiger partial charge in [0.2, 0.25) is 5.91 Å². The molecule has 1 amide bonds. The van der Waals surface area contributed by atoms with Crippen molar-refractivity contribution in [2.45, 2.75) is 32.3 Å². The van der Waals surface area contributed by atoms with Gasteiger partial charge in [-0.2, -0.15) is 0 Å². The van der Waals surface area contributed by atoms with Crippen molar-refractivity contribution in [1.29, 1.82) is 0 Å². The van der Waals surface area contributed by atoms with Gasteiger partial charge in [-0.25, -0.2) is 0 Å². The van der Waals surface area contributed by atoms with Gasteiger partial charge in [0.1, 0.15) is 11.9 Å². The van der Waals surface area contributed by atoms with Crippen molar-refractivity contribution in [1.82, 2.24) is 5.32 Å². The summed E-state index contributed by atoms with van der Waals surface area (Å²) in [6.45, 7) is 2.24. The van der Waals surface area contributed by atoms with Gasteiger partial charge in [0.25, 0.3) is 0 Å². The number of aliphatic hydroxyl groups excluding tert-OH is 1. The van der Waals surface area contributed by atoms with E-state index in [0.29, 0.717) is 12.2 Å². The van der Waals surface area contributed by atoms with Crippen molar-refractivity contribution < 1.29 is 14.3 Å². The standard InChI is InChI=1S/C11H17NO3/c1-2-3-6-11(14)12-8-9(13)10-5-4-7-15-10/h4-5,7,9,13H,2-3,6,8H2,1H3,(H,12,14). The van der Waals surface area contributed by atoms with E-state index in [1.807, 2.05) is 6.92 Å². The first-order valence-electron chi connectivity index (χ1n) is 5.22. The van der Waals surface area contributed by atoms with Gasteiger partial charge >= 0.3 is 0 Å². The summed E-state index contributed by atoms with van der Waals surface area (Å²) in [6.07, 6.45) is 3.13. The average Bonchev–Trinajstić information content (AvgIpc) is 2.76. The molecular formula is C11H17NO3. The lowest BCUT2D eigenvalue weighted by molar-refractivity contribution is -0.121. The maximum Gasteiger partial charge on any atom is 0.220 e. The molecule has 0 bridgehead atoms. The van der Waals surface area contributed by atoms with Crippen LogP contribution in [0.2, 0.25) is 0 Å². The highest BCUT2D eigenvalue weighted by molar-refractivity contribution is 5.75. The summed E-state index contributed by atoms with van der Waals surface area (Å²) >= 11 is 0. The fourth-order valence-corrected chi connectivity index (χ4v) is 1.22. The molecule has 1 aromatic rings. The van der Waals surface area contributed by atoms with Gasteiger partial charge < -0.3 is 14.8 Å². The molecule has 0 fully saturated rings. The predicted molar refractivity (Wildman–Crippen MR) is 56.2 cm³/mol. The van der Waals surface area contributed by atoms with E-state index in [-0.39, 0.29) is 12.5 Å². The van der Waals surface area contributed by atoms with Gasteiger partial charge in [-0.3, -0.25) is 4.79 Å². The number of hydrogen-bond acceptors (Lipinski definition) is 3. The monoisotopic (exact) mass is 211 g/mol. The molecular weight excluding hydrogens is 194 g/mol. The molecule has 0 spiro atoms.